The largest absolute Gasteiger partial charge is 0.314 e. The zero-order valence-corrected chi connectivity index (χ0v) is 9.58. The number of rotatable bonds is 4. The molecule has 0 unspecified atom stereocenters. The molecule has 88 valence electrons. The number of nitrogens with one attached hydrogen (secondary N) is 1. The van der Waals surface area contributed by atoms with E-state index >= 15 is 0 Å². The maximum atomic E-state index is 13.1. The van der Waals surface area contributed by atoms with Gasteiger partial charge in [-0.2, -0.15) is 4.39 Å². The van der Waals surface area contributed by atoms with Crippen LogP contribution in [0.25, 0.3) is 0 Å². The Morgan fingerprint density at radius 1 is 1.50 bits per heavy atom. The van der Waals surface area contributed by atoms with Crippen molar-refractivity contribution < 1.29 is 9.31 Å². The molecular weight excluding hydrogens is 211 g/mol. The smallest absolute Gasteiger partial charge is 0.305 e. The lowest BCUT2D eigenvalue weighted by Gasteiger charge is -2.23. The Morgan fingerprint density at radius 2 is 2.12 bits per heavy atom. The first kappa shape index (κ1) is 12.6. The first-order valence-corrected chi connectivity index (χ1v) is 4.97. The van der Waals surface area contributed by atoms with Gasteiger partial charge in [0.05, 0.1) is 4.92 Å². The molecule has 0 fully saturated rings. The quantitative estimate of drug-likeness (QED) is 0.633. The summed E-state index contributed by atoms with van der Waals surface area (Å²) in [7, 11) is 1.82. The second kappa shape index (κ2) is 4.57. The zero-order valence-electron chi connectivity index (χ0n) is 9.58. The van der Waals surface area contributed by atoms with E-state index in [9.17, 15) is 14.5 Å². The third-order valence-corrected chi connectivity index (χ3v) is 2.53. The van der Waals surface area contributed by atoms with Gasteiger partial charge in [0.1, 0.15) is 0 Å². The van der Waals surface area contributed by atoms with Crippen LogP contribution < -0.4 is 5.32 Å². The number of nitro benzene ring substituents is 1. The Balaban J connectivity index is 3.00. The van der Waals surface area contributed by atoms with E-state index in [0.29, 0.717) is 6.42 Å². The van der Waals surface area contributed by atoms with Crippen molar-refractivity contribution in [1.29, 1.82) is 0 Å². The third kappa shape index (κ3) is 3.00. The molecule has 5 heteroatoms. The summed E-state index contributed by atoms with van der Waals surface area (Å²) in [6.45, 7) is 3.95. The second-order valence-corrected chi connectivity index (χ2v) is 4.35. The summed E-state index contributed by atoms with van der Waals surface area (Å²) >= 11 is 0. The highest BCUT2D eigenvalue weighted by atomic mass is 19.1. The molecule has 0 atom stereocenters. The monoisotopic (exact) mass is 226 g/mol. The van der Waals surface area contributed by atoms with Crippen molar-refractivity contribution in [3.05, 3.63) is 39.7 Å². The van der Waals surface area contributed by atoms with E-state index in [1.807, 2.05) is 20.9 Å². The van der Waals surface area contributed by atoms with Crippen LogP contribution in [0, 0.1) is 15.9 Å². The van der Waals surface area contributed by atoms with Gasteiger partial charge in [-0.1, -0.05) is 6.07 Å². The molecule has 0 saturated heterocycles. The van der Waals surface area contributed by atoms with E-state index in [4.69, 9.17) is 0 Å². The fourth-order valence-corrected chi connectivity index (χ4v) is 1.41. The average molecular weight is 226 g/mol. The molecule has 0 spiro atoms. The molecule has 1 aromatic rings. The maximum absolute atomic E-state index is 13.1. The molecule has 0 aliphatic rings. The summed E-state index contributed by atoms with van der Waals surface area (Å²) in [5, 5.41) is 13.6. The molecule has 0 aliphatic heterocycles. The van der Waals surface area contributed by atoms with Crippen molar-refractivity contribution in [3.8, 4) is 0 Å². The second-order valence-electron chi connectivity index (χ2n) is 4.35. The van der Waals surface area contributed by atoms with Gasteiger partial charge in [-0.05, 0) is 38.9 Å². The van der Waals surface area contributed by atoms with Gasteiger partial charge in [0, 0.05) is 11.6 Å². The standard InChI is InChI=1S/C11H15FN2O2/c1-11(2,13-3)7-8-4-5-9(12)10(6-8)14(15)16/h4-6,13H,7H2,1-3H3. The van der Waals surface area contributed by atoms with Crippen molar-refractivity contribution in [2.45, 2.75) is 25.8 Å². The Hall–Kier alpha value is -1.49. The summed E-state index contributed by atoms with van der Waals surface area (Å²) in [5.41, 5.74) is 0.1000. The Labute approximate surface area is 93.6 Å². The van der Waals surface area contributed by atoms with Crippen LogP contribution in [-0.2, 0) is 6.42 Å². The topological polar surface area (TPSA) is 55.2 Å². The van der Waals surface area contributed by atoms with Crippen molar-refractivity contribution in [2.75, 3.05) is 7.05 Å². The number of hydrogen-bond donors (Lipinski definition) is 1. The van der Waals surface area contributed by atoms with Crippen LogP contribution in [-0.4, -0.2) is 17.5 Å². The molecule has 4 nitrogen and oxygen atoms in total. The van der Waals surface area contributed by atoms with E-state index in [1.54, 1.807) is 6.07 Å². The highest BCUT2D eigenvalue weighted by Crippen LogP contribution is 2.21. The number of nitrogens with zero attached hydrogens (tertiary/aromatic N) is 1. The first-order chi connectivity index (χ1) is 7.35. The minimum absolute atomic E-state index is 0.175. The van der Waals surface area contributed by atoms with Crippen LogP contribution >= 0.6 is 0 Å². The number of halogens is 1. The highest BCUT2D eigenvalue weighted by Gasteiger charge is 2.19. The van der Waals surface area contributed by atoms with Crippen LogP contribution in [0.2, 0.25) is 0 Å². The molecule has 0 radical (unpaired) electrons. The van der Waals surface area contributed by atoms with E-state index < -0.39 is 16.4 Å². The SMILES string of the molecule is CNC(C)(C)Cc1ccc(F)c([N+](=O)[O-])c1. The van der Waals surface area contributed by atoms with Gasteiger partial charge in [-0.25, -0.2) is 0 Å². The number of benzene rings is 1. The highest BCUT2D eigenvalue weighted by molar-refractivity contribution is 5.36. The molecule has 1 rings (SSSR count). The molecule has 0 saturated carbocycles. The summed E-state index contributed by atoms with van der Waals surface area (Å²) in [4.78, 5) is 9.86. The molecular formula is C11H15FN2O2. The van der Waals surface area contributed by atoms with Crippen molar-refractivity contribution >= 4 is 5.69 Å². The van der Waals surface area contributed by atoms with Crippen LogP contribution in [0.1, 0.15) is 19.4 Å². The summed E-state index contributed by atoms with van der Waals surface area (Å²) in [6, 6.07) is 4.00. The van der Waals surface area contributed by atoms with Gasteiger partial charge in [0.2, 0.25) is 5.82 Å². The molecule has 0 aromatic heterocycles. The van der Waals surface area contributed by atoms with E-state index in [1.165, 1.54) is 6.07 Å². The normalized spacial score (nSPS) is 11.5. The van der Waals surface area contributed by atoms with Crippen LogP contribution in [0.15, 0.2) is 18.2 Å². The summed E-state index contributed by atoms with van der Waals surface area (Å²) < 4.78 is 13.1. The maximum Gasteiger partial charge on any atom is 0.305 e. The van der Waals surface area contributed by atoms with Gasteiger partial charge in [-0.3, -0.25) is 10.1 Å². The Morgan fingerprint density at radius 3 is 2.62 bits per heavy atom. The lowest BCUT2D eigenvalue weighted by molar-refractivity contribution is -0.387. The van der Waals surface area contributed by atoms with Crippen molar-refractivity contribution in [2.24, 2.45) is 0 Å². The Kier molecular flexibility index (Phi) is 3.59. The van der Waals surface area contributed by atoms with Crippen molar-refractivity contribution in [3.63, 3.8) is 0 Å². The predicted molar refractivity (Wildman–Crippen MR) is 59.9 cm³/mol. The molecule has 1 N–H and O–H groups in total. The number of likely N-dealkylation sites (N-methyl/N-ethyl adjacent to an activating group) is 1. The summed E-state index contributed by atoms with van der Waals surface area (Å²) in [6.07, 6.45) is 0.602. The molecule has 0 heterocycles. The first-order valence-electron chi connectivity index (χ1n) is 4.97. The third-order valence-electron chi connectivity index (χ3n) is 2.53. The average Bonchev–Trinajstić information content (AvgIpc) is 2.20. The van der Waals surface area contributed by atoms with Gasteiger partial charge in [-0.15, -0.1) is 0 Å². The number of nitro groups is 1. The van der Waals surface area contributed by atoms with Gasteiger partial charge < -0.3 is 5.32 Å². The lowest BCUT2D eigenvalue weighted by atomic mass is 9.95. The van der Waals surface area contributed by atoms with E-state index in [2.05, 4.69) is 5.32 Å². The fraction of sp³-hybridized carbons (Fsp3) is 0.455. The van der Waals surface area contributed by atoms with Crippen LogP contribution in [0.5, 0.6) is 0 Å². The molecule has 16 heavy (non-hydrogen) atoms. The van der Waals surface area contributed by atoms with Crippen LogP contribution in [0.4, 0.5) is 10.1 Å². The van der Waals surface area contributed by atoms with E-state index in [0.717, 1.165) is 11.6 Å². The zero-order chi connectivity index (χ0) is 12.3. The fourth-order valence-electron chi connectivity index (χ4n) is 1.41. The van der Waals surface area contributed by atoms with Gasteiger partial charge >= 0.3 is 5.69 Å². The predicted octanol–water partition coefficient (Wildman–Crippen LogP) is 2.27. The Bertz CT molecular complexity index is 405. The molecule has 0 bridgehead atoms. The van der Waals surface area contributed by atoms with Crippen LogP contribution in [0.3, 0.4) is 0 Å². The van der Waals surface area contributed by atoms with E-state index in [-0.39, 0.29) is 5.54 Å². The van der Waals surface area contributed by atoms with Gasteiger partial charge in [0.25, 0.3) is 0 Å². The number of hydrogen-bond acceptors (Lipinski definition) is 3. The van der Waals surface area contributed by atoms with Gasteiger partial charge in [0.15, 0.2) is 0 Å². The molecule has 1 aromatic carbocycles. The summed E-state index contributed by atoms with van der Waals surface area (Å²) in [5.74, 6) is -0.795. The minimum Gasteiger partial charge on any atom is -0.314 e. The molecule has 0 amide bonds. The van der Waals surface area contributed by atoms with Crippen molar-refractivity contribution in [1.82, 2.24) is 5.32 Å². The minimum atomic E-state index is -0.795. The lowest BCUT2D eigenvalue weighted by Crippen LogP contribution is -2.38. The molecule has 0 aliphatic carbocycles.